The molecular formula is C8H16NO2P. The third kappa shape index (κ3) is 2.98. The van der Waals surface area contributed by atoms with E-state index in [-0.39, 0.29) is 11.7 Å². The van der Waals surface area contributed by atoms with Gasteiger partial charge in [-0.3, -0.25) is 0 Å². The van der Waals surface area contributed by atoms with Gasteiger partial charge >= 0.3 is 6.09 Å². The van der Waals surface area contributed by atoms with Crippen molar-refractivity contribution in [3.8, 4) is 0 Å². The van der Waals surface area contributed by atoms with E-state index < -0.39 is 0 Å². The van der Waals surface area contributed by atoms with Crippen LogP contribution in [0, 0.1) is 0 Å². The maximum atomic E-state index is 11.4. The number of hydrogen-bond acceptors (Lipinski definition) is 2. The van der Waals surface area contributed by atoms with Crippen LogP contribution in [-0.2, 0) is 4.74 Å². The fraction of sp³-hybridized carbons (Fsp3) is 0.875. The smallest absolute Gasteiger partial charge is 0.410 e. The minimum absolute atomic E-state index is 0.160. The van der Waals surface area contributed by atoms with E-state index in [4.69, 9.17) is 4.74 Å². The summed E-state index contributed by atoms with van der Waals surface area (Å²) in [5.74, 6) is 0. The number of rotatable bonds is 0. The van der Waals surface area contributed by atoms with E-state index >= 15 is 0 Å². The van der Waals surface area contributed by atoms with Crippen molar-refractivity contribution in [1.29, 1.82) is 0 Å². The minimum atomic E-state index is -0.358. The molecule has 1 atom stereocenters. The fourth-order valence-corrected chi connectivity index (χ4v) is 2.13. The maximum absolute atomic E-state index is 11.4. The molecule has 0 aromatic heterocycles. The highest BCUT2D eigenvalue weighted by Crippen LogP contribution is 2.22. The van der Waals surface area contributed by atoms with Gasteiger partial charge in [0.15, 0.2) is 0 Å². The van der Waals surface area contributed by atoms with Gasteiger partial charge in [0.25, 0.3) is 0 Å². The quantitative estimate of drug-likeness (QED) is 0.544. The molecule has 0 saturated carbocycles. The monoisotopic (exact) mass is 189 g/mol. The second-order valence-corrected chi connectivity index (χ2v) is 5.22. The van der Waals surface area contributed by atoms with E-state index in [1.54, 1.807) is 4.90 Å². The first-order valence-electron chi connectivity index (χ1n) is 4.18. The molecule has 0 spiro atoms. The van der Waals surface area contributed by atoms with Gasteiger partial charge in [-0.1, -0.05) is 8.58 Å². The van der Waals surface area contributed by atoms with E-state index in [2.05, 4.69) is 0 Å². The zero-order chi connectivity index (χ0) is 9.19. The van der Waals surface area contributed by atoms with Gasteiger partial charge < -0.3 is 9.64 Å². The summed E-state index contributed by atoms with van der Waals surface area (Å²) in [6.45, 7) is 6.54. The van der Waals surface area contributed by atoms with Crippen LogP contribution >= 0.6 is 8.58 Å². The third-order valence-electron chi connectivity index (χ3n) is 1.51. The molecule has 1 unspecified atom stereocenters. The lowest BCUT2D eigenvalue weighted by atomic mass is 10.2. The molecule has 0 bridgehead atoms. The molecule has 70 valence electrons. The first-order chi connectivity index (χ1) is 5.49. The zero-order valence-corrected chi connectivity index (χ0v) is 8.89. The first-order valence-corrected chi connectivity index (χ1v) is 5.59. The Morgan fingerprint density at radius 2 is 2.17 bits per heavy atom. The van der Waals surface area contributed by atoms with Crippen molar-refractivity contribution in [3.63, 3.8) is 0 Å². The lowest BCUT2D eigenvalue weighted by molar-refractivity contribution is 0.0307. The van der Waals surface area contributed by atoms with Crippen LogP contribution in [0.15, 0.2) is 0 Å². The Hall–Kier alpha value is -0.300. The Kier molecular flexibility index (Phi) is 2.94. The minimum Gasteiger partial charge on any atom is -0.444 e. The molecule has 12 heavy (non-hydrogen) atoms. The normalized spacial score (nSPS) is 20.1. The van der Waals surface area contributed by atoms with Crippen LogP contribution in [-0.4, -0.2) is 35.6 Å². The molecule has 0 aliphatic carbocycles. The van der Waals surface area contributed by atoms with E-state index in [9.17, 15) is 4.79 Å². The summed E-state index contributed by atoms with van der Waals surface area (Å²) in [5.41, 5.74) is -0.358. The summed E-state index contributed by atoms with van der Waals surface area (Å²) >= 11 is 0. The topological polar surface area (TPSA) is 29.5 Å². The van der Waals surface area contributed by atoms with Crippen molar-refractivity contribution in [2.24, 2.45) is 0 Å². The third-order valence-corrected chi connectivity index (χ3v) is 2.70. The molecule has 4 heteroatoms. The second-order valence-electron chi connectivity index (χ2n) is 3.90. The molecule has 1 aliphatic rings. The number of carbonyl (C=O) groups excluding carboxylic acids is 1. The van der Waals surface area contributed by atoms with Crippen LogP contribution in [0.1, 0.15) is 20.8 Å². The van der Waals surface area contributed by atoms with Crippen LogP contribution in [0.5, 0.6) is 0 Å². The summed E-state index contributed by atoms with van der Waals surface area (Å²) < 4.78 is 5.21. The lowest BCUT2D eigenvalue weighted by Crippen LogP contribution is -2.34. The van der Waals surface area contributed by atoms with Gasteiger partial charge in [-0.05, 0) is 26.9 Å². The molecule has 0 radical (unpaired) electrons. The molecule has 1 amide bonds. The van der Waals surface area contributed by atoms with Crippen molar-refractivity contribution in [2.75, 3.05) is 19.0 Å². The number of ether oxygens (including phenoxy) is 1. The van der Waals surface area contributed by atoms with Crippen molar-refractivity contribution in [1.82, 2.24) is 4.90 Å². The fourth-order valence-electron chi connectivity index (χ4n) is 0.989. The molecule has 1 fully saturated rings. The molecule has 1 heterocycles. The van der Waals surface area contributed by atoms with E-state index in [0.717, 1.165) is 27.6 Å². The number of hydrogen-bond donors (Lipinski definition) is 0. The lowest BCUT2D eigenvalue weighted by Gasteiger charge is -2.23. The summed E-state index contributed by atoms with van der Waals surface area (Å²) in [6.07, 6.45) is 1.86. The van der Waals surface area contributed by atoms with E-state index in [1.165, 1.54) is 0 Å². The van der Waals surface area contributed by atoms with Gasteiger partial charge in [0.05, 0.1) is 0 Å². The van der Waals surface area contributed by atoms with Gasteiger partial charge in [-0.15, -0.1) is 0 Å². The molecule has 0 aromatic carbocycles. The van der Waals surface area contributed by atoms with Gasteiger partial charge in [0, 0.05) is 12.8 Å². The van der Waals surface area contributed by atoms with Crippen LogP contribution in [0.3, 0.4) is 0 Å². The average molecular weight is 189 g/mol. The van der Waals surface area contributed by atoms with E-state index in [0.29, 0.717) is 0 Å². The highest BCUT2D eigenvalue weighted by molar-refractivity contribution is 7.38. The van der Waals surface area contributed by atoms with Crippen LogP contribution in [0.2, 0.25) is 0 Å². The summed E-state index contributed by atoms with van der Waals surface area (Å²) in [6, 6.07) is 0. The molecule has 1 saturated heterocycles. The van der Waals surface area contributed by atoms with Crippen molar-refractivity contribution in [3.05, 3.63) is 0 Å². The van der Waals surface area contributed by atoms with Crippen LogP contribution in [0.4, 0.5) is 4.79 Å². The molecule has 3 nitrogen and oxygen atoms in total. The summed E-state index contributed by atoms with van der Waals surface area (Å²) in [7, 11) is 0.893. The molecule has 1 rings (SSSR count). The highest BCUT2D eigenvalue weighted by Gasteiger charge is 2.23. The Morgan fingerprint density at radius 3 is 2.58 bits per heavy atom. The zero-order valence-electron chi connectivity index (χ0n) is 7.89. The average Bonchev–Trinajstić information content (AvgIpc) is 2.32. The highest BCUT2D eigenvalue weighted by atomic mass is 31.1. The first kappa shape index (κ1) is 9.79. The van der Waals surface area contributed by atoms with Crippen molar-refractivity contribution >= 4 is 14.7 Å². The summed E-state index contributed by atoms with van der Waals surface area (Å²) in [5, 5.41) is 0. The molecule has 1 aliphatic heterocycles. The standard InChI is InChI=1S/C8H16NO2P/c1-8(2,3)11-7(10)9-4-5-12-6-9/h12H,4-6H2,1-3H3. The molecular weight excluding hydrogens is 173 g/mol. The van der Waals surface area contributed by atoms with Gasteiger partial charge in [-0.2, -0.15) is 0 Å². The Bertz CT molecular complexity index is 170. The number of carbonyl (C=O) groups is 1. The SMILES string of the molecule is CC(C)(C)OC(=O)N1CCPC1. The van der Waals surface area contributed by atoms with Gasteiger partial charge in [-0.25, -0.2) is 4.79 Å². The molecule has 0 N–H and O–H groups in total. The predicted molar refractivity (Wildman–Crippen MR) is 51.0 cm³/mol. The summed E-state index contributed by atoms with van der Waals surface area (Å²) in [4.78, 5) is 13.2. The Balaban J connectivity index is 2.37. The second kappa shape index (κ2) is 3.61. The van der Waals surface area contributed by atoms with Crippen molar-refractivity contribution < 1.29 is 9.53 Å². The number of nitrogens with zero attached hydrogens (tertiary/aromatic N) is 1. The van der Waals surface area contributed by atoms with Gasteiger partial charge in [0.2, 0.25) is 0 Å². The largest absolute Gasteiger partial charge is 0.444 e. The van der Waals surface area contributed by atoms with Crippen LogP contribution < -0.4 is 0 Å². The molecule has 0 aromatic rings. The van der Waals surface area contributed by atoms with E-state index in [1.807, 2.05) is 20.8 Å². The Morgan fingerprint density at radius 1 is 1.50 bits per heavy atom. The number of amides is 1. The Labute approximate surface area is 75.2 Å². The van der Waals surface area contributed by atoms with Gasteiger partial charge in [0.1, 0.15) is 5.60 Å². The maximum Gasteiger partial charge on any atom is 0.410 e. The predicted octanol–water partition coefficient (Wildman–Crippen LogP) is 1.87. The van der Waals surface area contributed by atoms with Crippen molar-refractivity contribution in [2.45, 2.75) is 26.4 Å². The van der Waals surface area contributed by atoms with Crippen LogP contribution in [0.25, 0.3) is 0 Å².